The van der Waals surface area contributed by atoms with Crippen LogP contribution in [0.1, 0.15) is 13.8 Å². The topological polar surface area (TPSA) is 57.2 Å². The first kappa shape index (κ1) is 20.8. The molecule has 1 saturated heterocycles. The molecule has 0 aromatic carbocycles. The molecule has 20 heavy (non-hydrogen) atoms. The Kier molecular flexibility index (Phi) is 7.23. The minimum Gasteiger partial charge on any atom is -0.741 e. The van der Waals surface area contributed by atoms with Gasteiger partial charge in [-0.1, -0.05) is 13.8 Å². The van der Waals surface area contributed by atoms with Crippen LogP contribution in [-0.4, -0.2) is 54.3 Å². The SMILES string of the molecule is CC1(C)CSC([P+](C)(C)C)SC1.O=S(=O)([O-])C(F)(F)F. The van der Waals surface area contributed by atoms with Crippen LogP contribution >= 0.6 is 30.8 Å². The van der Waals surface area contributed by atoms with Crippen LogP contribution in [0.4, 0.5) is 13.2 Å². The van der Waals surface area contributed by atoms with E-state index in [1.165, 1.54) is 11.5 Å². The first-order chi connectivity index (χ1) is 8.56. The van der Waals surface area contributed by atoms with Gasteiger partial charge in [0.1, 0.15) is 0 Å². The van der Waals surface area contributed by atoms with Crippen LogP contribution in [-0.2, 0) is 10.1 Å². The fourth-order valence-corrected chi connectivity index (χ4v) is 7.47. The third-order valence-corrected chi connectivity index (χ3v) is 12.0. The Morgan fingerprint density at radius 1 is 1.15 bits per heavy atom. The van der Waals surface area contributed by atoms with Gasteiger partial charge in [-0.25, -0.2) is 8.42 Å². The second-order valence-corrected chi connectivity index (χ2v) is 15.4. The Hall–Kier alpha value is 0.830. The van der Waals surface area contributed by atoms with Crippen LogP contribution in [0.3, 0.4) is 0 Å². The van der Waals surface area contributed by atoms with Crippen molar-refractivity contribution in [1.82, 2.24) is 0 Å². The van der Waals surface area contributed by atoms with Crippen LogP contribution in [0, 0.1) is 5.41 Å². The molecule has 0 radical (unpaired) electrons. The fourth-order valence-electron chi connectivity index (χ4n) is 1.13. The monoisotopic (exact) mass is 372 g/mol. The largest absolute Gasteiger partial charge is 0.741 e. The first-order valence-electron chi connectivity index (χ1n) is 5.63. The molecule has 0 aromatic rings. The second-order valence-electron chi connectivity index (χ2n) is 6.11. The molecule has 1 heterocycles. The molecule has 1 rings (SSSR count). The third-order valence-electron chi connectivity index (χ3n) is 2.15. The van der Waals surface area contributed by atoms with E-state index in [4.69, 9.17) is 13.0 Å². The molecule has 10 heteroatoms. The van der Waals surface area contributed by atoms with Gasteiger partial charge in [0.05, 0.1) is 20.0 Å². The molecular weight excluding hydrogens is 352 g/mol. The lowest BCUT2D eigenvalue weighted by Gasteiger charge is -2.35. The Morgan fingerprint density at radius 3 is 1.65 bits per heavy atom. The van der Waals surface area contributed by atoms with Gasteiger partial charge in [-0.2, -0.15) is 13.2 Å². The van der Waals surface area contributed by atoms with E-state index in [2.05, 4.69) is 57.4 Å². The molecule has 0 atom stereocenters. The average Bonchev–Trinajstić information content (AvgIpc) is 2.12. The molecule has 0 aliphatic carbocycles. The highest BCUT2D eigenvalue weighted by Gasteiger charge is 2.39. The summed E-state index contributed by atoms with van der Waals surface area (Å²) in [5.74, 6) is 2.70. The van der Waals surface area contributed by atoms with E-state index in [0.29, 0.717) is 5.41 Å². The van der Waals surface area contributed by atoms with E-state index < -0.39 is 22.9 Å². The molecule has 0 aromatic heterocycles. The van der Waals surface area contributed by atoms with Crippen molar-refractivity contribution < 1.29 is 26.1 Å². The summed E-state index contributed by atoms with van der Waals surface area (Å²) in [5.41, 5.74) is -5.08. The standard InChI is InChI=1S/C9H20PS2.CHF3O3S/c1-9(2)6-11-8(12-7-9)10(3,4)5;2-1(3,4)8(5,6)7/h8H,6-7H2,1-5H3;(H,5,6,7)/q+1;/p-1. The van der Waals surface area contributed by atoms with Crippen LogP contribution in [0.2, 0.25) is 0 Å². The highest BCUT2D eigenvalue weighted by atomic mass is 32.2. The van der Waals surface area contributed by atoms with Gasteiger partial charge in [-0.15, -0.1) is 23.5 Å². The van der Waals surface area contributed by atoms with Crippen LogP contribution < -0.4 is 0 Å². The van der Waals surface area contributed by atoms with Crippen molar-refractivity contribution in [3.8, 4) is 0 Å². The molecule has 1 aliphatic rings. The molecule has 0 unspecified atom stereocenters. The van der Waals surface area contributed by atoms with Crippen molar-refractivity contribution >= 4 is 40.9 Å². The zero-order valence-electron chi connectivity index (χ0n) is 12.0. The maximum absolute atomic E-state index is 10.7. The number of alkyl halides is 3. The number of rotatable bonds is 1. The van der Waals surface area contributed by atoms with E-state index in [9.17, 15) is 13.2 Å². The van der Waals surface area contributed by atoms with Crippen molar-refractivity contribution in [1.29, 1.82) is 0 Å². The van der Waals surface area contributed by atoms with E-state index in [1.54, 1.807) is 0 Å². The van der Waals surface area contributed by atoms with Crippen molar-refractivity contribution in [3.05, 3.63) is 0 Å². The molecule has 0 spiro atoms. The van der Waals surface area contributed by atoms with Crippen LogP contribution in [0.5, 0.6) is 0 Å². The summed E-state index contributed by atoms with van der Waals surface area (Å²) < 4.78 is 59.8. The molecular formula is C10H20F3O3PS3. The Morgan fingerprint density at radius 2 is 1.45 bits per heavy atom. The summed E-state index contributed by atoms with van der Waals surface area (Å²) in [6, 6.07) is 0. The number of hydrogen-bond donors (Lipinski definition) is 0. The second kappa shape index (κ2) is 6.94. The van der Waals surface area contributed by atoms with Crippen molar-refractivity contribution in [2.45, 2.75) is 23.7 Å². The van der Waals surface area contributed by atoms with E-state index >= 15 is 0 Å². The number of hydrogen-bond acceptors (Lipinski definition) is 5. The van der Waals surface area contributed by atoms with Gasteiger partial charge in [-0.05, 0) is 5.41 Å². The minimum absolute atomic E-state index is 0.570. The highest BCUT2D eigenvalue weighted by Crippen LogP contribution is 2.64. The highest BCUT2D eigenvalue weighted by molar-refractivity contribution is 8.26. The summed E-state index contributed by atoms with van der Waals surface area (Å²) >= 11 is 4.38. The molecule has 0 N–H and O–H groups in total. The molecule has 1 fully saturated rings. The smallest absolute Gasteiger partial charge is 0.485 e. The summed E-state index contributed by atoms with van der Waals surface area (Å²) in [7, 11) is -6.71. The summed E-state index contributed by atoms with van der Waals surface area (Å²) in [5, 5.41) is 0. The summed E-state index contributed by atoms with van der Waals surface area (Å²) in [6.07, 6.45) is 0. The molecule has 3 nitrogen and oxygen atoms in total. The molecule has 0 saturated carbocycles. The van der Waals surface area contributed by atoms with E-state index in [0.717, 1.165) is 4.32 Å². The molecule has 1 aliphatic heterocycles. The fraction of sp³-hybridized carbons (Fsp3) is 1.00. The van der Waals surface area contributed by atoms with Crippen molar-refractivity contribution in [2.24, 2.45) is 5.41 Å². The quantitative estimate of drug-likeness (QED) is 0.399. The van der Waals surface area contributed by atoms with E-state index in [-0.39, 0.29) is 0 Å². The summed E-state index contributed by atoms with van der Waals surface area (Å²) in [6.45, 7) is 12.1. The van der Waals surface area contributed by atoms with Gasteiger partial charge in [-0.3, -0.25) is 0 Å². The van der Waals surface area contributed by atoms with Gasteiger partial charge in [0.25, 0.3) is 0 Å². The lowest BCUT2D eigenvalue weighted by Crippen LogP contribution is -2.26. The van der Waals surface area contributed by atoms with Gasteiger partial charge in [0.15, 0.2) is 14.4 Å². The average molecular weight is 372 g/mol. The maximum atomic E-state index is 10.7. The van der Waals surface area contributed by atoms with Crippen LogP contribution in [0.15, 0.2) is 0 Å². The van der Waals surface area contributed by atoms with Crippen molar-refractivity contribution in [2.75, 3.05) is 31.5 Å². The zero-order valence-corrected chi connectivity index (χ0v) is 15.4. The minimum atomic E-state index is -6.09. The molecule has 122 valence electrons. The normalized spacial score (nSPS) is 21.1. The van der Waals surface area contributed by atoms with Gasteiger partial charge >= 0.3 is 5.51 Å². The lowest BCUT2D eigenvalue weighted by atomic mass is 10.0. The Balaban J connectivity index is 0.000000396. The predicted octanol–water partition coefficient (Wildman–Crippen LogP) is 3.73. The van der Waals surface area contributed by atoms with Gasteiger partial charge in [0, 0.05) is 18.8 Å². The first-order valence-corrected chi connectivity index (χ1v) is 12.3. The number of halogens is 3. The third kappa shape index (κ3) is 7.73. The predicted molar refractivity (Wildman–Crippen MR) is 82.9 cm³/mol. The van der Waals surface area contributed by atoms with Gasteiger partial charge < -0.3 is 4.55 Å². The van der Waals surface area contributed by atoms with Gasteiger partial charge in [0.2, 0.25) is 0 Å². The van der Waals surface area contributed by atoms with Crippen molar-refractivity contribution in [3.63, 3.8) is 0 Å². The summed E-state index contributed by atoms with van der Waals surface area (Å²) in [4.78, 5) is 0. The Labute approximate surface area is 127 Å². The Bertz CT molecular complexity index is 406. The zero-order chi connectivity index (χ0) is 16.4. The molecule has 0 amide bonds. The van der Waals surface area contributed by atoms with Crippen LogP contribution in [0.25, 0.3) is 0 Å². The number of thioether (sulfide) groups is 2. The lowest BCUT2D eigenvalue weighted by molar-refractivity contribution is -0.0517. The molecule has 0 bridgehead atoms. The van der Waals surface area contributed by atoms with E-state index in [1.807, 2.05) is 0 Å². The maximum Gasteiger partial charge on any atom is 0.485 e.